The van der Waals surface area contributed by atoms with E-state index in [0.717, 1.165) is 17.4 Å². The van der Waals surface area contributed by atoms with E-state index in [-0.39, 0.29) is 29.2 Å². The molecule has 0 spiro atoms. The lowest BCUT2D eigenvalue weighted by Crippen LogP contribution is -2.46. The summed E-state index contributed by atoms with van der Waals surface area (Å²) in [6.45, 7) is 1.83. The third-order valence-corrected chi connectivity index (χ3v) is 12.5. The van der Waals surface area contributed by atoms with Gasteiger partial charge in [-0.2, -0.15) is 13.2 Å². The molecule has 2 atom stereocenters. The fourth-order valence-electron chi connectivity index (χ4n) is 5.71. The van der Waals surface area contributed by atoms with Gasteiger partial charge >= 0.3 is 12.5 Å². The molecule has 1 aromatic heterocycles. The van der Waals surface area contributed by atoms with Crippen molar-refractivity contribution in [3.63, 3.8) is 0 Å². The highest BCUT2D eigenvalue weighted by Crippen LogP contribution is 2.47. The molecule has 15 heteroatoms. The first-order chi connectivity index (χ1) is 21.6. The van der Waals surface area contributed by atoms with E-state index < -0.39 is 44.1 Å². The Morgan fingerprint density at radius 2 is 1.76 bits per heavy atom. The molecular formula is C31H34F7N4O2PS. The topological polar surface area (TPSA) is 56.8 Å². The number of halogens is 7. The highest BCUT2D eigenvalue weighted by molar-refractivity contribution is 7.71. The van der Waals surface area contributed by atoms with Crippen LogP contribution in [0.3, 0.4) is 0 Å². The van der Waals surface area contributed by atoms with Crippen LogP contribution in [0.15, 0.2) is 36.4 Å². The second-order valence-corrected chi connectivity index (χ2v) is 15.9. The third-order valence-electron chi connectivity index (χ3n) is 8.20. The van der Waals surface area contributed by atoms with Crippen molar-refractivity contribution in [2.45, 2.75) is 37.6 Å². The Labute approximate surface area is 266 Å². The van der Waals surface area contributed by atoms with Crippen LogP contribution in [0.1, 0.15) is 16.9 Å². The van der Waals surface area contributed by atoms with Crippen molar-refractivity contribution in [1.82, 2.24) is 9.80 Å². The maximum absolute atomic E-state index is 14.7. The van der Waals surface area contributed by atoms with Crippen molar-refractivity contribution < 1.29 is 40.0 Å². The van der Waals surface area contributed by atoms with Gasteiger partial charge in [0.1, 0.15) is 13.3 Å². The third kappa shape index (κ3) is 8.48. The lowest BCUT2D eigenvalue weighted by Gasteiger charge is -2.33. The first-order valence-electron chi connectivity index (χ1n) is 14.7. The fraction of sp³-hybridized carbons (Fsp3) is 0.484. The minimum Gasteiger partial charge on any atom is -0.404 e. The van der Waals surface area contributed by atoms with Gasteiger partial charge in [0.25, 0.3) is 0 Å². The smallest absolute Gasteiger partial charge is 0.404 e. The first-order valence-corrected chi connectivity index (χ1v) is 17.6. The fourth-order valence-corrected chi connectivity index (χ4v) is 9.65. The number of benzene rings is 2. The monoisotopic (exact) mass is 690 g/mol. The molecule has 0 aliphatic carbocycles. The van der Waals surface area contributed by atoms with Gasteiger partial charge in [-0.3, -0.25) is 0 Å². The summed E-state index contributed by atoms with van der Waals surface area (Å²) in [6, 6.07) is 8.40. The molecule has 2 fully saturated rings. The average molecular weight is 691 g/mol. The van der Waals surface area contributed by atoms with Crippen LogP contribution in [0.2, 0.25) is 0 Å². The Hall–Kier alpha value is -2.98. The molecule has 3 aromatic rings. The summed E-state index contributed by atoms with van der Waals surface area (Å²) < 4.78 is 114. The molecule has 2 N–H and O–H groups in total. The molecule has 2 aromatic carbocycles. The van der Waals surface area contributed by atoms with Gasteiger partial charge in [-0.25, -0.2) is 4.39 Å². The summed E-state index contributed by atoms with van der Waals surface area (Å²) in [7, 11) is 0.796. The van der Waals surface area contributed by atoms with Crippen molar-refractivity contribution in [2.24, 2.45) is 0 Å². The Bertz CT molecular complexity index is 1650. The highest BCUT2D eigenvalue weighted by Gasteiger charge is 2.35. The van der Waals surface area contributed by atoms with Crippen molar-refractivity contribution in [1.29, 1.82) is 0 Å². The molecule has 5 rings (SSSR count). The van der Waals surface area contributed by atoms with E-state index in [0.29, 0.717) is 59.5 Å². The molecule has 6 nitrogen and oxygen atoms in total. The van der Waals surface area contributed by atoms with E-state index in [4.69, 9.17) is 0 Å². The summed E-state index contributed by atoms with van der Waals surface area (Å²) in [5.41, 5.74) is 0.456. The van der Waals surface area contributed by atoms with Gasteiger partial charge < -0.3 is 29.7 Å². The van der Waals surface area contributed by atoms with Gasteiger partial charge in [0, 0.05) is 43.8 Å². The molecule has 0 radical (unpaired) electrons. The van der Waals surface area contributed by atoms with Crippen molar-refractivity contribution in [2.75, 3.05) is 69.8 Å². The van der Waals surface area contributed by atoms with Gasteiger partial charge in [0.2, 0.25) is 0 Å². The van der Waals surface area contributed by atoms with Gasteiger partial charge in [0.05, 0.1) is 40.0 Å². The van der Waals surface area contributed by atoms with Gasteiger partial charge in [-0.15, -0.1) is 24.5 Å². The lowest BCUT2D eigenvalue weighted by molar-refractivity contribution is -0.274. The number of rotatable bonds is 7. The van der Waals surface area contributed by atoms with Crippen LogP contribution in [-0.2, 0) is 11.0 Å². The molecule has 2 aliphatic heterocycles. The number of anilines is 2. The van der Waals surface area contributed by atoms with Gasteiger partial charge in [0.15, 0.2) is 5.75 Å². The van der Waals surface area contributed by atoms with E-state index in [1.165, 1.54) is 12.1 Å². The standard InChI is InChI=1S/C31H34F7N4O2PS/c1-41-13-15-45(43,16-14-41)20-8-9-25(27(17-20)44-31(36,37)38)39-11-4-7-28-22(18-30(33,34)35)21-5-3-6-26(29(21)46-28)40-24-10-12-42(2)19-23(24)32/h3,5-6,8-9,17,23-24,39-40H,10-16,18-19H2,1-2H3/t23-,24-/m1/s1. The number of piperidine rings is 1. The summed E-state index contributed by atoms with van der Waals surface area (Å²) in [4.78, 5) is 4.04. The molecule has 46 heavy (non-hydrogen) atoms. The number of alkyl halides is 7. The molecule has 0 bridgehead atoms. The molecule has 0 saturated carbocycles. The van der Waals surface area contributed by atoms with Gasteiger partial charge in [-0.1, -0.05) is 24.0 Å². The van der Waals surface area contributed by atoms with Crippen LogP contribution in [0.4, 0.5) is 42.1 Å². The molecule has 0 unspecified atom stereocenters. The summed E-state index contributed by atoms with van der Waals surface area (Å²) in [6.07, 6.45) is -10.7. The number of nitrogens with one attached hydrogen (secondary N) is 2. The number of likely N-dealkylation sites (tertiary alicyclic amines) is 1. The maximum Gasteiger partial charge on any atom is 0.573 e. The first kappa shape index (κ1) is 34.4. The van der Waals surface area contributed by atoms with E-state index in [1.54, 1.807) is 18.2 Å². The number of hydrogen-bond acceptors (Lipinski definition) is 7. The largest absolute Gasteiger partial charge is 0.573 e. The summed E-state index contributed by atoms with van der Waals surface area (Å²) in [5, 5.41) is 6.59. The molecule has 2 saturated heterocycles. The van der Waals surface area contributed by atoms with E-state index in [1.807, 2.05) is 23.9 Å². The van der Waals surface area contributed by atoms with Crippen molar-refractivity contribution in [3.05, 3.63) is 46.8 Å². The Morgan fingerprint density at radius 3 is 2.43 bits per heavy atom. The van der Waals surface area contributed by atoms with E-state index in [9.17, 15) is 35.3 Å². The van der Waals surface area contributed by atoms with Crippen LogP contribution < -0.4 is 20.7 Å². The van der Waals surface area contributed by atoms with Crippen molar-refractivity contribution in [3.8, 4) is 17.6 Å². The number of thiophene rings is 1. The zero-order valence-electron chi connectivity index (χ0n) is 25.2. The molecule has 2 aliphatic rings. The molecular weight excluding hydrogens is 656 g/mol. The zero-order chi connectivity index (χ0) is 33.3. The van der Waals surface area contributed by atoms with E-state index in [2.05, 4.69) is 27.2 Å². The molecule has 0 amide bonds. The van der Waals surface area contributed by atoms with Crippen LogP contribution in [0, 0.1) is 11.8 Å². The predicted octanol–water partition coefficient (Wildman–Crippen LogP) is 6.76. The van der Waals surface area contributed by atoms with Crippen LogP contribution in [-0.4, -0.2) is 93.7 Å². The Morgan fingerprint density at radius 1 is 1.02 bits per heavy atom. The maximum atomic E-state index is 14.7. The second-order valence-electron chi connectivity index (χ2n) is 11.7. The van der Waals surface area contributed by atoms with Crippen LogP contribution in [0.5, 0.6) is 5.75 Å². The van der Waals surface area contributed by atoms with Gasteiger partial charge in [-0.05, 0) is 55.7 Å². The normalized spacial score (nSPS) is 21.1. The minimum absolute atomic E-state index is 0.0166. The van der Waals surface area contributed by atoms with Crippen LogP contribution in [0.25, 0.3) is 10.1 Å². The number of fused-ring (bicyclic) bond motifs is 1. The predicted molar refractivity (Wildman–Crippen MR) is 169 cm³/mol. The second kappa shape index (κ2) is 13.6. The van der Waals surface area contributed by atoms with Crippen molar-refractivity contribution >= 4 is 45.2 Å². The SMILES string of the molecule is CN1CCP(=O)(c2ccc(NCC#Cc3sc4c(N[C@@H]5CCN(C)C[C@H]5F)cccc4c3CC(F)(F)F)c(OC(F)(F)F)c2)CC1. The molecule has 250 valence electrons. The summed E-state index contributed by atoms with van der Waals surface area (Å²) >= 11 is 1.05. The lowest BCUT2D eigenvalue weighted by atomic mass is 10.0. The summed E-state index contributed by atoms with van der Waals surface area (Å²) in [5.74, 6) is 4.94. The number of ether oxygens (including phenoxy) is 1. The van der Waals surface area contributed by atoms with E-state index >= 15 is 0 Å². The zero-order valence-corrected chi connectivity index (χ0v) is 26.9. The quantitative estimate of drug-likeness (QED) is 0.163. The Balaban J connectivity index is 1.40. The number of nitrogens with zero attached hydrogens (tertiary/aromatic N) is 2. The molecule has 3 heterocycles. The highest BCUT2D eigenvalue weighted by atomic mass is 32.1. The Kier molecular flexibility index (Phi) is 10.2. The number of hydrogen-bond donors (Lipinski definition) is 2. The average Bonchev–Trinajstić information content (AvgIpc) is 3.30. The minimum atomic E-state index is -5.01. The van der Waals surface area contributed by atoms with Crippen LogP contribution >= 0.6 is 18.5 Å².